The predicted molar refractivity (Wildman–Crippen MR) is 117 cm³/mol. The zero-order chi connectivity index (χ0) is 22.7. The lowest BCUT2D eigenvalue weighted by Gasteiger charge is -2.14. The molecule has 2 aromatic carbocycles. The van der Waals surface area contributed by atoms with Gasteiger partial charge in [-0.2, -0.15) is 0 Å². The van der Waals surface area contributed by atoms with Crippen LogP contribution < -0.4 is 15.3 Å². The van der Waals surface area contributed by atoms with Gasteiger partial charge in [-0.1, -0.05) is 36.4 Å². The highest BCUT2D eigenvalue weighted by atomic mass is 32.2. The largest absolute Gasteiger partial charge is 0.482 e. The van der Waals surface area contributed by atoms with Crippen molar-refractivity contribution >= 4 is 10.0 Å². The number of benzene rings is 2. The Labute approximate surface area is 185 Å². The highest BCUT2D eigenvalue weighted by Crippen LogP contribution is 2.24. The van der Waals surface area contributed by atoms with Gasteiger partial charge in [0.25, 0.3) is 0 Å². The molecule has 8 nitrogen and oxygen atoms in total. The minimum Gasteiger partial charge on any atom is -0.482 e. The van der Waals surface area contributed by atoms with Crippen LogP contribution in [0.5, 0.6) is 5.75 Å². The maximum atomic E-state index is 12.5. The summed E-state index contributed by atoms with van der Waals surface area (Å²) in [4.78, 5) is 14.6. The van der Waals surface area contributed by atoms with Crippen molar-refractivity contribution in [3.63, 3.8) is 0 Å². The minimum absolute atomic E-state index is 0.0366. The van der Waals surface area contributed by atoms with E-state index in [1.807, 2.05) is 12.1 Å². The topological polar surface area (TPSA) is 123 Å². The van der Waals surface area contributed by atoms with Crippen molar-refractivity contribution in [3.8, 4) is 5.75 Å². The van der Waals surface area contributed by atoms with Crippen LogP contribution in [0.25, 0.3) is 0 Å². The van der Waals surface area contributed by atoms with Gasteiger partial charge in [0.1, 0.15) is 18.6 Å². The molecule has 0 atom stereocenters. The fraction of sp³-hybridized carbons (Fsp3) is 0.261. The Morgan fingerprint density at radius 3 is 2.44 bits per heavy atom. The predicted octanol–water partition coefficient (Wildman–Crippen LogP) is 1.92. The summed E-state index contributed by atoms with van der Waals surface area (Å²) in [7, 11) is -3.90. The Hall–Kier alpha value is -2.98. The lowest BCUT2D eigenvalue weighted by molar-refractivity contribution is 0.241. The van der Waals surface area contributed by atoms with Crippen molar-refractivity contribution in [2.45, 2.75) is 37.6 Å². The molecular formula is C23H24N2O6S. The standard InChI is InChI=1S/C23H24N2O6S/c24-32(28,29)23-6-5-16(9-17(23)7-8-26)14-31-22-15-30-20(10-21(22)27)13-25-11-18-3-1-2-4-19(18)12-25/h1-6,9-10,15,26H,7-8,11-14H2,(H2,24,28,29). The number of rotatable bonds is 8. The van der Waals surface area contributed by atoms with E-state index in [0.717, 1.165) is 13.1 Å². The first-order chi connectivity index (χ1) is 15.3. The Morgan fingerprint density at radius 2 is 1.81 bits per heavy atom. The van der Waals surface area contributed by atoms with Crippen molar-refractivity contribution in [2.75, 3.05) is 6.61 Å². The number of aliphatic hydroxyl groups excluding tert-OH is 1. The van der Waals surface area contributed by atoms with Gasteiger partial charge in [0.15, 0.2) is 0 Å². The average molecular weight is 457 g/mol. The number of fused-ring (bicyclic) bond motifs is 1. The van der Waals surface area contributed by atoms with Gasteiger partial charge in [-0.15, -0.1) is 0 Å². The third kappa shape index (κ3) is 5.08. The SMILES string of the molecule is NS(=O)(=O)c1ccc(COc2coc(CN3Cc4ccccc4C3)cc2=O)cc1CCO. The average Bonchev–Trinajstić information content (AvgIpc) is 3.15. The number of primary sulfonamides is 1. The monoisotopic (exact) mass is 456 g/mol. The van der Waals surface area contributed by atoms with Gasteiger partial charge in [0, 0.05) is 25.8 Å². The third-order valence-corrected chi connectivity index (χ3v) is 6.36. The van der Waals surface area contributed by atoms with Crippen LogP contribution in [0, 0.1) is 0 Å². The zero-order valence-electron chi connectivity index (χ0n) is 17.4. The molecule has 1 aliphatic heterocycles. The molecule has 3 N–H and O–H groups in total. The number of nitrogens with zero attached hydrogens (tertiary/aromatic N) is 1. The molecule has 0 amide bonds. The van der Waals surface area contributed by atoms with Crippen molar-refractivity contribution < 1.29 is 22.7 Å². The second-order valence-electron chi connectivity index (χ2n) is 7.74. The normalized spacial score (nSPS) is 13.8. The molecule has 4 rings (SSSR count). The smallest absolute Gasteiger partial charge is 0.238 e. The molecule has 1 aliphatic rings. The number of hydrogen-bond donors (Lipinski definition) is 2. The molecule has 168 valence electrons. The Balaban J connectivity index is 1.41. The Kier molecular flexibility index (Phi) is 6.43. The van der Waals surface area contributed by atoms with Crippen molar-refractivity contribution in [2.24, 2.45) is 5.14 Å². The number of hydrogen-bond acceptors (Lipinski definition) is 7. The van der Waals surface area contributed by atoms with E-state index in [1.54, 1.807) is 12.1 Å². The van der Waals surface area contributed by atoms with E-state index in [4.69, 9.17) is 14.3 Å². The van der Waals surface area contributed by atoms with Crippen LogP contribution in [0.15, 0.2) is 68.9 Å². The van der Waals surface area contributed by atoms with Crippen LogP contribution in [0.4, 0.5) is 0 Å². The van der Waals surface area contributed by atoms with Gasteiger partial charge in [-0.3, -0.25) is 9.69 Å². The quantitative estimate of drug-likeness (QED) is 0.531. The number of aliphatic hydroxyl groups is 1. The van der Waals surface area contributed by atoms with Crippen molar-refractivity contribution in [1.29, 1.82) is 0 Å². The summed E-state index contributed by atoms with van der Waals surface area (Å²) < 4.78 is 34.6. The Bertz CT molecular complexity index is 1260. The highest BCUT2D eigenvalue weighted by Gasteiger charge is 2.19. The molecule has 0 saturated carbocycles. The molecule has 0 bridgehead atoms. The lowest BCUT2D eigenvalue weighted by Crippen LogP contribution is -2.17. The fourth-order valence-corrected chi connectivity index (χ4v) is 4.62. The molecule has 3 aromatic rings. The molecule has 0 aliphatic carbocycles. The van der Waals surface area contributed by atoms with Crippen molar-refractivity contribution in [3.05, 3.63) is 93.0 Å². The third-order valence-electron chi connectivity index (χ3n) is 5.34. The molecule has 0 radical (unpaired) electrons. The summed E-state index contributed by atoms with van der Waals surface area (Å²) >= 11 is 0. The summed E-state index contributed by atoms with van der Waals surface area (Å²) in [5.74, 6) is 0.621. The molecule has 32 heavy (non-hydrogen) atoms. The molecule has 9 heteroatoms. The van der Waals surface area contributed by atoms with Crippen LogP contribution in [0.3, 0.4) is 0 Å². The second-order valence-corrected chi connectivity index (χ2v) is 9.27. The molecule has 0 fully saturated rings. The van der Waals surface area contributed by atoms with E-state index in [-0.39, 0.29) is 35.7 Å². The first-order valence-corrected chi connectivity index (χ1v) is 11.7. The first kappa shape index (κ1) is 22.2. The van der Waals surface area contributed by atoms with Crippen molar-refractivity contribution in [1.82, 2.24) is 4.90 Å². The van der Waals surface area contributed by atoms with Gasteiger partial charge in [0.05, 0.1) is 11.4 Å². The molecule has 0 unspecified atom stereocenters. The summed E-state index contributed by atoms with van der Waals surface area (Å²) in [6.45, 7) is 1.95. The number of sulfonamides is 1. The minimum atomic E-state index is -3.90. The van der Waals surface area contributed by atoms with Gasteiger partial charge < -0.3 is 14.3 Å². The van der Waals surface area contributed by atoms with Gasteiger partial charge in [-0.25, -0.2) is 13.6 Å². The molecule has 2 heterocycles. The van der Waals surface area contributed by atoms with Crippen LogP contribution in [0.1, 0.15) is 28.0 Å². The molecule has 0 spiro atoms. The molecule has 0 saturated heterocycles. The molecule has 1 aromatic heterocycles. The van der Waals surface area contributed by atoms with Crippen LogP contribution in [-0.2, 0) is 42.7 Å². The van der Waals surface area contributed by atoms with Crippen LogP contribution >= 0.6 is 0 Å². The maximum Gasteiger partial charge on any atom is 0.238 e. The van der Waals surface area contributed by atoms with Crippen LogP contribution in [0.2, 0.25) is 0 Å². The summed E-state index contributed by atoms with van der Waals surface area (Å²) in [5, 5.41) is 14.4. The van der Waals surface area contributed by atoms with E-state index in [1.165, 1.54) is 29.5 Å². The van der Waals surface area contributed by atoms with E-state index in [0.29, 0.717) is 23.4 Å². The summed E-state index contributed by atoms with van der Waals surface area (Å²) in [6, 6.07) is 14.2. The molecular weight excluding hydrogens is 432 g/mol. The highest BCUT2D eigenvalue weighted by molar-refractivity contribution is 7.89. The van der Waals surface area contributed by atoms with Crippen LogP contribution in [-0.4, -0.2) is 25.0 Å². The fourth-order valence-electron chi connectivity index (χ4n) is 3.84. The van der Waals surface area contributed by atoms with Gasteiger partial charge in [0.2, 0.25) is 21.2 Å². The van der Waals surface area contributed by atoms with E-state index < -0.39 is 10.0 Å². The zero-order valence-corrected chi connectivity index (χ0v) is 18.2. The lowest BCUT2D eigenvalue weighted by atomic mass is 10.1. The van der Waals surface area contributed by atoms with Gasteiger partial charge >= 0.3 is 0 Å². The second kappa shape index (κ2) is 9.25. The van der Waals surface area contributed by atoms with E-state index >= 15 is 0 Å². The van der Waals surface area contributed by atoms with E-state index in [2.05, 4.69) is 17.0 Å². The van der Waals surface area contributed by atoms with E-state index in [9.17, 15) is 18.3 Å². The van der Waals surface area contributed by atoms with Gasteiger partial charge in [-0.05, 0) is 34.7 Å². The summed E-state index contributed by atoms with van der Waals surface area (Å²) in [5.41, 5.74) is 3.30. The number of ether oxygens (including phenoxy) is 1. The Morgan fingerprint density at radius 1 is 1.09 bits per heavy atom. The number of nitrogens with two attached hydrogens (primary N) is 1. The summed E-state index contributed by atoms with van der Waals surface area (Å²) in [6.07, 6.45) is 1.44. The first-order valence-electron chi connectivity index (χ1n) is 10.1. The maximum absolute atomic E-state index is 12.5.